The molecule has 5 rings (SSSR count). The van der Waals surface area contributed by atoms with E-state index >= 15 is 0 Å². The van der Waals surface area contributed by atoms with Crippen LogP contribution in [-0.4, -0.2) is 5.71 Å². The summed E-state index contributed by atoms with van der Waals surface area (Å²) >= 11 is 0. The monoisotopic (exact) mass is 362 g/mol. The molecule has 4 aromatic rings. The fourth-order valence-electron chi connectivity index (χ4n) is 4.08. The maximum Gasteiger partial charge on any atom is 0.0834 e. The van der Waals surface area contributed by atoms with Gasteiger partial charge >= 0.3 is 0 Å². The molecule has 1 unspecified atom stereocenters. The highest BCUT2D eigenvalue weighted by Crippen LogP contribution is 2.38. The van der Waals surface area contributed by atoms with Crippen molar-refractivity contribution >= 4 is 22.2 Å². The standard InChI is InChI=1S/C26H22N2/c1-19-9-5-8-14-24(19)26-18-25(27-28(26)23-12-3-2-4-13-23)22-16-15-20-10-6-7-11-21(20)17-22/h2-17,26H,18H2,1H3. The van der Waals surface area contributed by atoms with E-state index in [0.717, 1.165) is 17.8 Å². The van der Waals surface area contributed by atoms with E-state index in [9.17, 15) is 0 Å². The van der Waals surface area contributed by atoms with Gasteiger partial charge in [-0.05, 0) is 52.6 Å². The number of fused-ring (bicyclic) bond motifs is 1. The summed E-state index contributed by atoms with van der Waals surface area (Å²) in [5.41, 5.74) is 6.12. The van der Waals surface area contributed by atoms with Crippen molar-refractivity contribution in [2.45, 2.75) is 19.4 Å². The van der Waals surface area contributed by atoms with Crippen molar-refractivity contribution in [1.82, 2.24) is 0 Å². The van der Waals surface area contributed by atoms with Crippen molar-refractivity contribution < 1.29 is 0 Å². The van der Waals surface area contributed by atoms with Crippen molar-refractivity contribution in [3.8, 4) is 0 Å². The summed E-state index contributed by atoms with van der Waals surface area (Å²) in [7, 11) is 0. The number of rotatable bonds is 3. The van der Waals surface area contributed by atoms with E-state index in [-0.39, 0.29) is 6.04 Å². The van der Waals surface area contributed by atoms with Gasteiger partial charge in [-0.15, -0.1) is 0 Å². The van der Waals surface area contributed by atoms with Gasteiger partial charge in [0.2, 0.25) is 0 Å². The quantitative estimate of drug-likeness (QED) is 0.406. The van der Waals surface area contributed by atoms with Crippen LogP contribution in [0.15, 0.2) is 102 Å². The van der Waals surface area contributed by atoms with Crippen LogP contribution in [0.2, 0.25) is 0 Å². The minimum atomic E-state index is 0.213. The van der Waals surface area contributed by atoms with Crippen LogP contribution < -0.4 is 5.01 Å². The summed E-state index contributed by atoms with van der Waals surface area (Å²) in [6, 6.07) is 34.5. The summed E-state index contributed by atoms with van der Waals surface area (Å²) in [6.07, 6.45) is 0.901. The van der Waals surface area contributed by atoms with Gasteiger partial charge in [-0.1, -0.05) is 78.9 Å². The molecule has 2 heteroatoms. The van der Waals surface area contributed by atoms with E-state index in [2.05, 4.69) is 109 Å². The lowest BCUT2D eigenvalue weighted by molar-refractivity contribution is 0.704. The van der Waals surface area contributed by atoms with Gasteiger partial charge in [0.1, 0.15) is 0 Å². The number of nitrogens with zero attached hydrogens (tertiary/aromatic N) is 2. The maximum absolute atomic E-state index is 5.08. The lowest BCUT2D eigenvalue weighted by Crippen LogP contribution is -2.19. The Balaban J connectivity index is 1.60. The average Bonchev–Trinajstić information content (AvgIpc) is 3.19. The molecule has 1 aliphatic rings. The number of aryl methyl sites for hydroxylation is 1. The third-order valence-electron chi connectivity index (χ3n) is 5.56. The number of para-hydroxylation sites is 1. The van der Waals surface area contributed by atoms with Crippen molar-refractivity contribution in [2.24, 2.45) is 5.10 Å². The lowest BCUT2D eigenvalue weighted by atomic mass is 9.94. The molecule has 0 bridgehead atoms. The molecule has 1 heterocycles. The number of anilines is 1. The largest absolute Gasteiger partial charge is 0.257 e. The van der Waals surface area contributed by atoms with Crippen LogP contribution in [-0.2, 0) is 0 Å². The lowest BCUT2D eigenvalue weighted by Gasteiger charge is -2.25. The van der Waals surface area contributed by atoms with E-state index in [1.165, 1.54) is 27.5 Å². The van der Waals surface area contributed by atoms with Gasteiger partial charge in [-0.3, -0.25) is 5.01 Å². The molecule has 0 aliphatic carbocycles. The summed E-state index contributed by atoms with van der Waals surface area (Å²) in [6.45, 7) is 2.19. The predicted molar refractivity (Wildman–Crippen MR) is 118 cm³/mol. The van der Waals surface area contributed by atoms with Crippen LogP contribution in [0, 0.1) is 6.92 Å². The maximum atomic E-state index is 5.08. The molecule has 0 amide bonds. The second kappa shape index (κ2) is 6.97. The van der Waals surface area contributed by atoms with Crippen LogP contribution in [0.1, 0.15) is 29.2 Å². The second-order valence-corrected chi connectivity index (χ2v) is 7.37. The zero-order chi connectivity index (χ0) is 18.9. The van der Waals surface area contributed by atoms with Gasteiger partial charge in [0.15, 0.2) is 0 Å². The minimum Gasteiger partial charge on any atom is -0.257 e. The van der Waals surface area contributed by atoms with Crippen molar-refractivity contribution in [3.63, 3.8) is 0 Å². The van der Waals surface area contributed by atoms with E-state index < -0.39 is 0 Å². The van der Waals surface area contributed by atoms with E-state index in [1.807, 2.05) is 0 Å². The minimum absolute atomic E-state index is 0.213. The summed E-state index contributed by atoms with van der Waals surface area (Å²) < 4.78 is 0. The molecule has 0 saturated carbocycles. The fourth-order valence-corrected chi connectivity index (χ4v) is 4.08. The van der Waals surface area contributed by atoms with Gasteiger partial charge in [0.25, 0.3) is 0 Å². The molecule has 0 radical (unpaired) electrons. The Morgan fingerprint density at radius 2 is 1.46 bits per heavy atom. The third-order valence-corrected chi connectivity index (χ3v) is 5.56. The van der Waals surface area contributed by atoms with Crippen LogP contribution in [0.5, 0.6) is 0 Å². The average molecular weight is 362 g/mol. The Morgan fingerprint density at radius 3 is 2.29 bits per heavy atom. The number of hydrazone groups is 1. The molecule has 0 aromatic heterocycles. The number of hydrogen-bond acceptors (Lipinski definition) is 2. The molecule has 0 fully saturated rings. The van der Waals surface area contributed by atoms with E-state index in [4.69, 9.17) is 5.10 Å². The second-order valence-electron chi connectivity index (χ2n) is 7.37. The predicted octanol–water partition coefficient (Wildman–Crippen LogP) is 6.50. The summed E-state index contributed by atoms with van der Waals surface area (Å²) in [4.78, 5) is 0. The molecule has 28 heavy (non-hydrogen) atoms. The van der Waals surface area contributed by atoms with Crippen LogP contribution in [0.25, 0.3) is 10.8 Å². The van der Waals surface area contributed by atoms with Crippen molar-refractivity contribution in [3.05, 3.63) is 114 Å². The first-order valence-electron chi connectivity index (χ1n) is 9.76. The zero-order valence-electron chi connectivity index (χ0n) is 15.9. The van der Waals surface area contributed by atoms with Gasteiger partial charge in [-0.2, -0.15) is 5.10 Å². The van der Waals surface area contributed by atoms with E-state index in [1.54, 1.807) is 0 Å². The highest BCUT2D eigenvalue weighted by molar-refractivity contribution is 6.05. The highest BCUT2D eigenvalue weighted by atomic mass is 15.5. The van der Waals surface area contributed by atoms with Crippen molar-refractivity contribution in [2.75, 3.05) is 5.01 Å². The normalized spacial score (nSPS) is 16.4. The molecule has 0 saturated heterocycles. The third kappa shape index (κ3) is 2.97. The first kappa shape index (κ1) is 16.8. The molecular formula is C26H22N2. The van der Waals surface area contributed by atoms with Gasteiger partial charge in [0, 0.05) is 6.42 Å². The molecule has 4 aromatic carbocycles. The molecule has 2 nitrogen and oxygen atoms in total. The fraction of sp³-hybridized carbons (Fsp3) is 0.115. The molecule has 1 atom stereocenters. The molecule has 136 valence electrons. The van der Waals surface area contributed by atoms with Crippen LogP contribution in [0.3, 0.4) is 0 Å². The van der Waals surface area contributed by atoms with Gasteiger partial charge < -0.3 is 0 Å². The van der Waals surface area contributed by atoms with E-state index in [0.29, 0.717) is 0 Å². The first-order valence-corrected chi connectivity index (χ1v) is 9.76. The molecule has 1 aliphatic heterocycles. The molecule has 0 N–H and O–H groups in total. The highest BCUT2D eigenvalue weighted by Gasteiger charge is 2.30. The topological polar surface area (TPSA) is 15.6 Å². The molecule has 0 spiro atoms. The Kier molecular flexibility index (Phi) is 4.17. The van der Waals surface area contributed by atoms with Gasteiger partial charge in [-0.25, -0.2) is 0 Å². The zero-order valence-corrected chi connectivity index (χ0v) is 15.9. The summed E-state index contributed by atoms with van der Waals surface area (Å²) in [5.74, 6) is 0. The smallest absolute Gasteiger partial charge is 0.0834 e. The molecular weight excluding hydrogens is 340 g/mol. The summed E-state index contributed by atoms with van der Waals surface area (Å²) in [5, 5.41) is 9.79. The van der Waals surface area contributed by atoms with Crippen molar-refractivity contribution in [1.29, 1.82) is 0 Å². The number of hydrogen-bond donors (Lipinski definition) is 0. The Bertz CT molecular complexity index is 1160. The Hall–Kier alpha value is -3.39. The van der Waals surface area contributed by atoms with Gasteiger partial charge in [0.05, 0.1) is 17.4 Å². The van der Waals surface area contributed by atoms with Crippen LogP contribution >= 0.6 is 0 Å². The number of benzene rings is 4. The first-order chi connectivity index (χ1) is 13.8. The Labute approximate surface area is 165 Å². The Morgan fingerprint density at radius 1 is 0.750 bits per heavy atom. The SMILES string of the molecule is Cc1ccccc1C1CC(c2ccc3ccccc3c2)=NN1c1ccccc1. The van der Waals surface area contributed by atoms with Crippen LogP contribution in [0.4, 0.5) is 5.69 Å².